The van der Waals surface area contributed by atoms with E-state index in [-0.39, 0.29) is 0 Å². The van der Waals surface area contributed by atoms with E-state index < -0.39 is 82.8 Å². The summed E-state index contributed by atoms with van der Waals surface area (Å²) >= 11 is 0. The van der Waals surface area contributed by atoms with Crippen molar-refractivity contribution in [2.45, 2.75) is 48.4 Å². The predicted octanol–water partition coefficient (Wildman–Crippen LogP) is 5.07. The van der Waals surface area contributed by atoms with Crippen molar-refractivity contribution < 1.29 is 52.7 Å². The van der Waals surface area contributed by atoms with Crippen molar-refractivity contribution in [3.8, 4) is 0 Å². The number of hydrogen-bond donors (Lipinski definition) is 0. The lowest BCUT2D eigenvalue weighted by Crippen LogP contribution is -2.70. The van der Waals surface area contributed by atoms with Crippen molar-refractivity contribution in [2.24, 2.45) is 0 Å². The molecule has 3 aliphatic rings. The molecule has 0 nitrogen and oxygen atoms in total. The Morgan fingerprint density at radius 2 is 1.19 bits per heavy atom. The molecule has 146 valence electrons. The summed E-state index contributed by atoms with van der Waals surface area (Å²) in [6.07, 6.45) is -23.9. The van der Waals surface area contributed by atoms with Crippen molar-refractivity contribution in [1.29, 1.82) is 0 Å². The molecule has 26 heavy (non-hydrogen) atoms. The van der Waals surface area contributed by atoms with Crippen LogP contribution in [0.3, 0.4) is 0 Å². The van der Waals surface area contributed by atoms with E-state index >= 15 is 0 Å². The van der Waals surface area contributed by atoms with Crippen LogP contribution in [0.25, 0.3) is 0 Å². The summed E-state index contributed by atoms with van der Waals surface area (Å²) in [4.78, 5) is 0. The van der Waals surface area contributed by atoms with Gasteiger partial charge in [-0.05, 0) is 0 Å². The van der Waals surface area contributed by atoms with Crippen molar-refractivity contribution in [3.63, 3.8) is 0 Å². The normalized spacial score (nSPS) is 49.4. The first-order chi connectivity index (χ1) is 11.8. The summed E-state index contributed by atoms with van der Waals surface area (Å²) in [5.74, 6) is -11.5. The lowest BCUT2D eigenvalue weighted by molar-refractivity contribution is -0.143. The van der Waals surface area contributed by atoms with Gasteiger partial charge in [0.1, 0.15) is 5.83 Å². The second-order valence-electron chi connectivity index (χ2n) is 6.03. The summed E-state index contributed by atoms with van der Waals surface area (Å²) in [7, 11) is 0. The Balaban J connectivity index is 2.42. The molecule has 0 amide bonds. The number of fused-ring (bicyclic) bond motifs is 2. The van der Waals surface area contributed by atoms with Gasteiger partial charge in [-0.25, -0.2) is 52.7 Å². The second-order valence-corrected chi connectivity index (χ2v) is 6.03. The average molecular weight is 402 g/mol. The van der Waals surface area contributed by atoms with E-state index in [4.69, 9.17) is 0 Å². The molecule has 0 aromatic carbocycles. The number of halogens is 12. The topological polar surface area (TPSA) is 0 Å². The molecule has 0 radical (unpaired) electrons. The van der Waals surface area contributed by atoms with E-state index in [0.717, 1.165) is 0 Å². The van der Waals surface area contributed by atoms with Crippen LogP contribution < -0.4 is 0 Å². The van der Waals surface area contributed by atoms with Gasteiger partial charge in [0.05, 0.1) is 5.57 Å². The Labute approximate surface area is 136 Å². The first-order valence-electron chi connectivity index (χ1n) is 6.93. The van der Waals surface area contributed by atoms with Crippen LogP contribution in [0, 0.1) is 0 Å². The van der Waals surface area contributed by atoms with Crippen molar-refractivity contribution in [2.75, 3.05) is 0 Å². The van der Waals surface area contributed by atoms with Gasteiger partial charge in [-0.3, -0.25) is 0 Å². The standard InChI is InChI=1S/C14H6F12/c15-3-1-4(16)6(18)8(20)10(22)13(1,25)12(24)14(26)2(3)5(17)7(19)9(21)11(14)23/h4,6,8,10-12H. The van der Waals surface area contributed by atoms with E-state index in [1.165, 1.54) is 0 Å². The average Bonchev–Trinajstić information content (AvgIpc) is 2.60. The maximum absolute atomic E-state index is 14.8. The third-order valence-corrected chi connectivity index (χ3v) is 4.74. The molecule has 0 saturated heterocycles. The van der Waals surface area contributed by atoms with E-state index in [9.17, 15) is 52.7 Å². The maximum Gasteiger partial charge on any atom is 0.213 e. The quantitative estimate of drug-likeness (QED) is 0.497. The molecule has 0 N–H and O–H groups in total. The third kappa shape index (κ3) is 1.85. The highest BCUT2D eigenvalue weighted by Gasteiger charge is 2.76. The van der Waals surface area contributed by atoms with Gasteiger partial charge in [0.15, 0.2) is 54.5 Å². The molecule has 1 fully saturated rings. The van der Waals surface area contributed by atoms with Crippen LogP contribution in [-0.4, -0.2) is 48.4 Å². The molecule has 0 aromatic rings. The molecule has 0 aromatic heterocycles. The molecule has 12 heteroatoms. The van der Waals surface area contributed by atoms with Gasteiger partial charge in [-0.15, -0.1) is 0 Å². The number of hydrogen-bond acceptors (Lipinski definition) is 0. The smallest absolute Gasteiger partial charge is 0.213 e. The zero-order valence-corrected chi connectivity index (χ0v) is 12.0. The molecule has 8 atom stereocenters. The van der Waals surface area contributed by atoms with Crippen molar-refractivity contribution >= 4 is 0 Å². The number of allylic oxidation sites excluding steroid dienone is 6. The Kier molecular flexibility index (Phi) is 4.01. The highest BCUT2D eigenvalue weighted by atomic mass is 19.2. The van der Waals surface area contributed by atoms with Gasteiger partial charge in [0, 0.05) is 5.57 Å². The third-order valence-electron chi connectivity index (χ3n) is 4.74. The molecule has 0 aliphatic heterocycles. The fourth-order valence-electron chi connectivity index (χ4n) is 3.40. The predicted molar refractivity (Wildman–Crippen MR) is 62.6 cm³/mol. The highest BCUT2D eigenvalue weighted by molar-refractivity contribution is 5.59. The second kappa shape index (κ2) is 5.44. The minimum atomic E-state index is -5.03. The molecule has 3 aliphatic carbocycles. The van der Waals surface area contributed by atoms with Crippen LogP contribution in [0.5, 0.6) is 0 Å². The number of alkyl halides is 8. The van der Waals surface area contributed by atoms with Crippen LogP contribution in [0.1, 0.15) is 0 Å². The van der Waals surface area contributed by atoms with Crippen LogP contribution in [-0.2, 0) is 0 Å². The van der Waals surface area contributed by atoms with E-state index in [1.54, 1.807) is 0 Å². The zero-order chi connectivity index (χ0) is 19.9. The van der Waals surface area contributed by atoms with Crippen LogP contribution >= 0.6 is 0 Å². The molecule has 0 spiro atoms. The van der Waals surface area contributed by atoms with Gasteiger partial charge < -0.3 is 0 Å². The Morgan fingerprint density at radius 3 is 1.73 bits per heavy atom. The van der Waals surface area contributed by atoms with Gasteiger partial charge >= 0.3 is 0 Å². The monoisotopic (exact) mass is 402 g/mol. The summed E-state index contributed by atoms with van der Waals surface area (Å²) in [6.45, 7) is 0. The van der Waals surface area contributed by atoms with Gasteiger partial charge in [-0.1, -0.05) is 0 Å². The minimum Gasteiger partial charge on any atom is -0.241 e. The Hall–Kier alpha value is -1.62. The van der Waals surface area contributed by atoms with Gasteiger partial charge in [-0.2, -0.15) is 0 Å². The summed E-state index contributed by atoms with van der Waals surface area (Å²) in [5.41, 5.74) is -15.1. The van der Waals surface area contributed by atoms with E-state index in [0.29, 0.717) is 0 Å². The molecule has 1 saturated carbocycles. The van der Waals surface area contributed by atoms with Gasteiger partial charge in [0.2, 0.25) is 11.3 Å². The molecule has 8 unspecified atom stereocenters. The first-order valence-corrected chi connectivity index (χ1v) is 6.93. The van der Waals surface area contributed by atoms with Crippen LogP contribution in [0.4, 0.5) is 52.7 Å². The lowest BCUT2D eigenvalue weighted by atomic mass is 9.62. The van der Waals surface area contributed by atoms with Crippen molar-refractivity contribution in [1.82, 2.24) is 0 Å². The van der Waals surface area contributed by atoms with Gasteiger partial charge in [0.25, 0.3) is 0 Å². The fraction of sp³-hybridized carbons (Fsp3) is 0.571. The highest BCUT2D eigenvalue weighted by Crippen LogP contribution is 2.61. The molecular formula is C14H6F12. The van der Waals surface area contributed by atoms with E-state index in [1.807, 2.05) is 0 Å². The summed E-state index contributed by atoms with van der Waals surface area (Å²) in [6, 6.07) is 0. The molecule has 3 rings (SSSR count). The minimum absolute atomic E-state index is 2.51. The Bertz CT molecular complexity index is 755. The maximum atomic E-state index is 14.8. The molecule has 0 heterocycles. The first kappa shape index (κ1) is 19.2. The van der Waals surface area contributed by atoms with Crippen molar-refractivity contribution in [3.05, 3.63) is 34.5 Å². The Morgan fingerprint density at radius 1 is 0.654 bits per heavy atom. The number of rotatable bonds is 0. The van der Waals surface area contributed by atoms with Crippen LogP contribution in [0.2, 0.25) is 0 Å². The zero-order valence-electron chi connectivity index (χ0n) is 12.0. The lowest BCUT2D eigenvalue weighted by Gasteiger charge is -2.50. The molecular weight excluding hydrogens is 396 g/mol. The summed E-state index contributed by atoms with van der Waals surface area (Å²) in [5, 5.41) is 0. The fourth-order valence-corrected chi connectivity index (χ4v) is 3.40. The largest absolute Gasteiger partial charge is 0.241 e. The summed E-state index contributed by atoms with van der Waals surface area (Å²) < 4.78 is 167. The SMILES string of the molecule is FC1=C(F)C(F)C2(F)C(=C1F)C(F)=C1C(F)C(F)C(F)C(F)C1(F)C2F. The van der Waals surface area contributed by atoms with E-state index in [2.05, 4.69) is 0 Å². The van der Waals surface area contributed by atoms with Crippen LogP contribution in [0.15, 0.2) is 34.5 Å². The molecule has 0 bridgehead atoms.